The SMILES string of the molecule is C=C[C@H](Oc1cc(-n2nc(C=O)n(CC)c2=O)c(F)cc1/C(F)=C/c1c(F)cncc1Cl)C(F)(F)F. The zero-order valence-electron chi connectivity index (χ0n) is 18.2. The van der Waals surface area contributed by atoms with E-state index in [9.17, 15) is 27.2 Å². The van der Waals surface area contributed by atoms with Gasteiger partial charge in [-0.2, -0.15) is 17.9 Å². The summed E-state index contributed by atoms with van der Waals surface area (Å²) in [4.78, 5) is 27.2. The number of alkyl halides is 3. The normalized spacial score (nSPS) is 12.9. The van der Waals surface area contributed by atoms with Gasteiger partial charge in [0.15, 0.2) is 12.1 Å². The number of aldehydes is 1. The minimum atomic E-state index is -5.00. The summed E-state index contributed by atoms with van der Waals surface area (Å²) >= 11 is 5.81. The monoisotopic (exact) mass is 532 g/mol. The van der Waals surface area contributed by atoms with Crippen LogP contribution in [0.15, 0.2) is 42.0 Å². The van der Waals surface area contributed by atoms with E-state index in [1.54, 1.807) is 0 Å². The molecule has 7 nitrogen and oxygen atoms in total. The Morgan fingerprint density at radius 1 is 1.25 bits per heavy atom. The highest BCUT2D eigenvalue weighted by Crippen LogP contribution is 2.36. The minimum Gasteiger partial charge on any atom is -0.476 e. The Morgan fingerprint density at radius 2 is 1.94 bits per heavy atom. The lowest BCUT2D eigenvalue weighted by Crippen LogP contribution is -2.32. The predicted molar refractivity (Wildman–Crippen MR) is 118 cm³/mol. The highest BCUT2D eigenvalue weighted by molar-refractivity contribution is 6.32. The smallest absolute Gasteiger partial charge is 0.429 e. The van der Waals surface area contributed by atoms with Gasteiger partial charge in [0, 0.05) is 24.4 Å². The third kappa shape index (κ3) is 5.20. The molecule has 3 rings (SSSR count). The van der Waals surface area contributed by atoms with Crippen LogP contribution >= 0.6 is 11.6 Å². The molecule has 36 heavy (non-hydrogen) atoms. The molecule has 0 bridgehead atoms. The van der Waals surface area contributed by atoms with Crippen LogP contribution in [-0.4, -0.2) is 37.9 Å². The van der Waals surface area contributed by atoms with E-state index in [0.717, 1.165) is 10.8 Å². The van der Waals surface area contributed by atoms with E-state index < -0.39 is 58.0 Å². The third-order valence-corrected chi connectivity index (χ3v) is 5.10. The summed E-state index contributed by atoms with van der Waals surface area (Å²) in [6.45, 7) is 4.49. The first-order chi connectivity index (χ1) is 16.9. The summed E-state index contributed by atoms with van der Waals surface area (Å²) in [5.74, 6) is -5.08. The second kappa shape index (κ2) is 10.4. The summed E-state index contributed by atoms with van der Waals surface area (Å²) in [5, 5.41) is 3.33. The molecule has 3 aromatic rings. The van der Waals surface area contributed by atoms with Gasteiger partial charge in [-0.1, -0.05) is 18.2 Å². The Labute approximate surface area is 203 Å². The summed E-state index contributed by atoms with van der Waals surface area (Å²) in [6.07, 6.45) is -4.86. The van der Waals surface area contributed by atoms with E-state index in [-0.39, 0.29) is 23.7 Å². The maximum absolute atomic E-state index is 15.2. The Hall–Kier alpha value is -3.87. The van der Waals surface area contributed by atoms with Gasteiger partial charge >= 0.3 is 11.9 Å². The first-order valence-corrected chi connectivity index (χ1v) is 10.3. The molecule has 0 N–H and O–H groups in total. The van der Waals surface area contributed by atoms with Crippen molar-refractivity contribution in [2.24, 2.45) is 0 Å². The Kier molecular flexibility index (Phi) is 7.72. The number of pyridine rings is 1. The van der Waals surface area contributed by atoms with Crippen molar-refractivity contribution in [3.63, 3.8) is 0 Å². The van der Waals surface area contributed by atoms with Crippen molar-refractivity contribution in [1.82, 2.24) is 19.3 Å². The number of hydrogen-bond acceptors (Lipinski definition) is 5. The molecule has 0 fully saturated rings. The Balaban J connectivity index is 2.27. The zero-order valence-corrected chi connectivity index (χ0v) is 18.9. The van der Waals surface area contributed by atoms with Gasteiger partial charge in [-0.05, 0) is 25.1 Å². The molecule has 0 radical (unpaired) electrons. The molecule has 0 saturated heterocycles. The quantitative estimate of drug-likeness (QED) is 0.228. The molecule has 2 aromatic heterocycles. The number of carbonyl (C=O) groups excluding carboxylic acids is 1. The van der Waals surface area contributed by atoms with Gasteiger partial charge in [-0.3, -0.25) is 14.3 Å². The molecule has 0 spiro atoms. The molecule has 14 heteroatoms. The number of carbonyl (C=O) groups is 1. The molecule has 0 unspecified atom stereocenters. The molecule has 1 atom stereocenters. The number of hydrogen-bond donors (Lipinski definition) is 0. The van der Waals surface area contributed by atoms with Crippen molar-refractivity contribution in [1.29, 1.82) is 0 Å². The van der Waals surface area contributed by atoms with E-state index in [1.165, 1.54) is 6.92 Å². The lowest BCUT2D eigenvalue weighted by Gasteiger charge is -2.21. The summed E-state index contributed by atoms with van der Waals surface area (Å²) in [5.41, 5.74) is -3.10. The van der Waals surface area contributed by atoms with E-state index in [1.807, 2.05) is 0 Å². The molecule has 0 saturated carbocycles. The first-order valence-electron chi connectivity index (χ1n) is 9.94. The largest absolute Gasteiger partial charge is 0.476 e. The van der Waals surface area contributed by atoms with Gasteiger partial charge in [0.2, 0.25) is 6.10 Å². The molecule has 0 amide bonds. The number of aromatic nitrogens is 4. The number of halogens is 7. The van der Waals surface area contributed by atoms with Crippen LogP contribution in [0.5, 0.6) is 5.75 Å². The summed E-state index contributed by atoms with van der Waals surface area (Å²) < 4.78 is 90.5. The van der Waals surface area contributed by atoms with Gasteiger partial charge < -0.3 is 4.74 Å². The molecular weight excluding hydrogens is 518 g/mol. The molecule has 0 aliphatic carbocycles. The second-order valence-electron chi connectivity index (χ2n) is 7.04. The van der Waals surface area contributed by atoms with Crippen LogP contribution < -0.4 is 10.4 Å². The molecule has 0 aliphatic rings. The maximum atomic E-state index is 15.2. The lowest BCUT2D eigenvalue weighted by molar-refractivity contribution is -0.179. The molecule has 1 aromatic carbocycles. The van der Waals surface area contributed by atoms with Crippen LogP contribution in [0.2, 0.25) is 5.02 Å². The molecule has 0 aliphatic heterocycles. The van der Waals surface area contributed by atoms with Gasteiger partial charge in [0.05, 0.1) is 16.8 Å². The van der Waals surface area contributed by atoms with E-state index >= 15 is 8.78 Å². The highest BCUT2D eigenvalue weighted by atomic mass is 35.5. The highest BCUT2D eigenvalue weighted by Gasteiger charge is 2.40. The van der Waals surface area contributed by atoms with Crippen molar-refractivity contribution in [3.05, 3.63) is 81.3 Å². The predicted octanol–water partition coefficient (Wildman–Crippen LogP) is 5.16. The van der Waals surface area contributed by atoms with Crippen LogP contribution in [0.1, 0.15) is 28.7 Å². The fourth-order valence-corrected chi connectivity index (χ4v) is 3.29. The van der Waals surface area contributed by atoms with Gasteiger partial charge in [-0.15, -0.1) is 5.10 Å². The van der Waals surface area contributed by atoms with Crippen molar-refractivity contribution in [3.8, 4) is 11.4 Å². The molecular formula is C22H15ClF6N4O3. The van der Waals surface area contributed by atoms with E-state index in [4.69, 9.17) is 16.3 Å². The van der Waals surface area contributed by atoms with E-state index in [0.29, 0.717) is 35.2 Å². The van der Waals surface area contributed by atoms with Crippen molar-refractivity contribution < 1.29 is 35.9 Å². The Morgan fingerprint density at radius 3 is 2.47 bits per heavy atom. The zero-order chi connectivity index (χ0) is 26.8. The first kappa shape index (κ1) is 26.7. The number of nitrogens with zero attached hydrogens (tertiary/aromatic N) is 4. The maximum Gasteiger partial charge on any atom is 0.429 e. The summed E-state index contributed by atoms with van der Waals surface area (Å²) in [6, 6.07) is 1.02. The van der Waals surface area contributed by atoms with E-state index in [2.05, 4.69) is 16.7 Å². The average Bonchev–Trinajstić information content (AvgIpc) is 3.14. The average molecular weight is 533 g/mol. The summed E-state index contributed by atoms with van der Waals surface area (Å²) in [7, 11) is 0. The van der Waals surface area contributed by atoms with Gasteiger partial charge in [0.25, 0.3) is 0 Å². The van der Waals surface area contributed by atoms with Crippen LogP contribution in [0, 0.1) is 11.6 Å². The lowest BCUT2D eigenvalue weighted by atomic mass is 10.1. The van der Waals surface area contributed by atoms with Crippen LogP contribution in [0.4, 0.5) is 26.3 Å². The third-order valence-electron chi connectivity index (χ3n) is 4.80. The standard InChI is InChI=1S/C22H15ClF6N4O3/c1-3-19(22(27,28)29)36-18-7-17(33-21(35)32(4-2)20(10-34)31-33)15(25)6-12(18)14(24)5-11-13(23)8-30-9-16(11)26/h3,5-10,19H,1,4H2,2H3/b14-5-/t19-/m0/s1. The number of ether oxygens (including phenoxy) is 1. The molecule has 2 heterocycles. The van der Waals surface area contributed by atoms with Crippen molar-refractivity contribution >= 4 is 29.8 Å². The minimum absolute atomic E-state index is 0.0296. The molecule has 190 valence electrons. The number of rotatable bonds is 8. The second-order valence-corrected chi connectivity index (χ2v) is 7.45. The van der Waals surface area contributed by atoms with Crippen LogP contribution in [0.25, 0.3) is 17.6 Å². The van der Waals surface area contributed by atoms with Crippen molar-refractivity contribution in [2.75, 3.05) is 0 Å². The fourth-order valence-electron chi connectivity index (χ4n) is 3.09. The van der Waals surface area contributed by atoms with Crippen LogP contribution in [0.3, 0.4) is 0 Å². The Bertz CT molecular complexity index is 1390. The van der Waals surface area contributed by atoms with Gasteiger partial charge in [-0.25, -0.2) is 18.0 Å². The number of benzene rings is 1. The van der Waals surface area contributed by atoms with Gasteiger partial charge in [0.1, 0.15) is 28.9 Å². The van der Waals surface area contributed by atoms with Crippen molar-refractivity contribution in [2.45, 2.75) is 25.7 Å². The topological polar surface area (TPSA) is 79.0 Å². The fraction of sp³-hybridized carbons (Fsp3) is 0.182. The van der Waals surface area contributed by atoms with Crippen LogP contribution in [-0.2, 0) is 6.54 Å².